The molecule has 0 amide bonds. The highest BCUT2D eigenvalue weighted by Gasteiger charge is 2.05. The van der Waals surface area contributed by atoms with Gasteiger partial charge in [-0.25, -0.2) is 0 Å². The standard InChI is InChI=1S/C25H34N2O3/c1-3-5-7-8-9-21-10-12-22(13-11-21)26-27-23-14-16-24(17-15-23)30-25(28)18-20-29-19-6-4-2/h10-17H,3-9,18-20H2,1-2H3. The number of hydrogen-bond acceptors (Lipinski definition) is 5. The second kappa shape index (κ2) is 14.5. The predicted molar refractivity (Wildman–Crippen MR) is 121 cm³/mol. The van der Waals surface area contributed by atoms with Gasteiger partial charge in [0.2, 0.25) is 0 Å². The molecule has 0 spiro atoms. The van der Waals surface area contributed by atoms with E-state index in [4.69, 9.17) is 9.47 Å². The highest BCUT2D eigenvalue weighted by molar-refractivity contribution is 5.72. The number of rotatable bonds is 14. The summed E-state index contributed by atoms with van der Waals surface area (Å²) in [7, 11) is 0. The van der Waals surface area contributed by atoms with E-state index in [1.807, 2.05) is 12.1 Å². The maximum Gasteiger partial charge on any atom is 0.313 e. The van der Waals surface area contributed by atoms with E-state index in [9.17, 15) is 4.79 Å². The van der Waals surface area contributed by atoms with Crippen LogP contribution in [-0.4, -0.2) is 19.2 Å². The average Bonchev–Trinajstić information content (AvgIpc) is 2.77. The number of unbranched alkanes of at least 4 members (excludes halogenated alkanes) is 4. The van der Waals surface area contributed by atoms with E-state index in [-0.39, 0.29) is 12.4 Å². The Morgan fingerprint density at radius 1 is 0.767 bits per heavy atom. The van der Waals surface area contributed by atoms with Crippen molar-refractivity contribution in [2.75, 3.05) is 13.2 Å². The molecule has 0 N–H and O–H groups in total. The number of ether oxygens (including phenoxy) is 2. The summed E-state index contributed by atoms with van der Waals surface area (Å²) >= 11 is 0. The van der Waals surface area contributed by atoms with E-state index in [2.05, 4.69) is 36.2 Å². The minimum absolute atomic E-state index is 0.250. The summed E-state index contributed by atoms with van der Waals surface area (Å²) in [6.07, 6.45) is 8.54. The van der Waals surface area contributed by atoms with Gasteiger partial charge in [0.1, 0.15) is 5.75 Å². The summed E-state index contributed by atoms with van der Waals surface area (Å²) in [5.74, 6) is 0.204. The Balaban J connectivity index is 1.75. The van der Waals surface area contributed by atoms with E-state index < -0.39 is 0 Å². The Morgan fingerprint density at radius 2 is 1.40 bits per heavy atom. The van der Waals surface area contributed by atoms with Crippen LogP contribution in [0, 0.1) is 0 Å². The first kappa shape index (κ1) is 23.7. The van der Waals surface area contributed by atoms with Crippen LogP contribution in [0.25, 0.3) is 0 Å². The Hall–Kier alpha value is -2.53. The summed E-state index contributed by atoms with van der Waals surface area (Å²) in [6.45, 7) is 5.41. The molecule has 30 heavy (non-hydrogen) atoms. The molecule has 0 aliphatic rings. The lowest BCUT2D eigenvalue weighted by Crippen LogP contribution is -2.11. The predicted octanol–water partition coefficient (Wildman–Crippen LogP) is 7.34. The lowest BCUT2D eigenvalue weighted by atomic mass is 10.1. The SMILES string of the molecule is CCCCCCc1ccc(N=Nc2ccc(OC(=O)CCOCCCC)cc2)cc1. The van der Waals surface area contributed by atoms with Gasteiger partial charge in [0.15, 0.2) is 0 Å². The lowest BCUT2D eigenvalue weighted by molar-refractivity contribution is -0.135. The fourth-order valence-electron chi connectivity index (χ4n) is 2.87. The number of aryl methyl sites for hydroxylation is 1. The summed E-state index contributed by atoms with van der Waals surface area (Å²) < 4.78 is 10.7. The van der Waals surface area contributed by atoms with Gasteiger partial charge >= 0.3 is 5.97 Å². The molecular formula is C25H34N2O3. The van der Waals surface area contributed by atoms with Gasteiger partial charge in [0, 0.05) is 6.61 Å². The molecule has 2 aromatic rings. The van der Waals surface area contributed by atoms with Crippen molar-refractivity contribution in [1.29, 1.82) is 0 Å². The Labute approximate surface area is 180 Å². The van der Waals surface area contributed by atoms with Crippen LogP contribution >= 0.6 is 0 Å². The topological polar surface area (TPSA) is 60.2 Å². The van der Waals surface area contributed by atoms with Crippen LogP contribution in [0.5, 0.6) is 5.75 Å². The molecule has 5 heteroatoms. The summed E-state index contributed by atoms with van der Waals surface area (Å²) in [4.78, 5) is 11.8. The quantitative estimate of drug-likeness (QED) is 0.142. The third kappa shape index (κ3) is 9.79. The molecule has 0 aliphatic heterocycles. The number of benzene rings is 2. The summed E-state index contributed by atoms with van der Waals surface area (Å²) in [5.41, 5.74) is 2.87. The van der Waals surface area contributed by atoms with Crippen LogP contribution in [0.4, 0.5) is 11.4 Å². The largest absolute Gasteiger partial charge is 0.426 e. The molecule has 2 aromatic carbocycles. The van der Waals surface area contributed by atoms with E-state index in [0.717, 1.165) is 24.9 Å². The number of carbonyl (C=O) groups is 1. The second-order valence-corrected chi connectivity index (χ2v) is 7.36. The van der Waals surface area contributed by atoms with Crippen molar-refractivity contribution in [3.63, 3.8) is 0 Å². The van der Waals surface area contributed by atoms with Gasteiger partial charge in [-0.1, -0.05) is 51.7 Å². The van der Waals surface area contributed by atoms with Gasteiger partial charge in [-0.05, 0) is 61.2 Å². The van der Waals surface area contributed by atoms with Gasteiger partial charge in [-0.3, -0.25) is 4.79 Å². The van der Waals surface area contributed by atoms with Crippen molar-refractivity contribution in [1.82, 2.24) is 0 Å². The van der Waals surface area contributed by atoms with Crippen molar-refractivity contribution < 1.29 is 14.3 Å². The minimum Gasteiger partial charge on any atom is -0.426 e. The zero-order valence-electron chi connectivity index (χ0n) is 18.3. The number of esters is 1. The van der Waals surface area contributed by atoms with E-state index >= 15 is 0 Å². The van der Waals surface area contributed by atoms with Crippen LogP contribution in [0.15, 0.2) is 58.8 Å². The minimum atomic E-state index is -0.296. The van der Waals surface area contributed by atoms with Crippen molar-refractivity contribution in [3.05, 3.63) is 54.1 Å². The number of nitrogens with zero attached hydrogens (tertiary/aromatic N) is 2. The first-order valence-corrected chi connectivity index (χ1v) is 11.1. The number of carbonyl (C=O) groups excluding carboxylic acids is 1. The van der Waals surface area contributed by atoms with Crippen LogP contribution in [0.2, 0.25) is 0 Å². The second-order valence-electron chi connectivity index (χ2n) is 7.36. The molecular weight excluding hydrogens is 376 g/mol. The Bertz CT molecular complexity index is 755. The molecule has 5 nitrogen and oxygen atoms in total. The van der Waals surface area contributed by atoms with E-state index in [1.165, 1.54) is 31.2 Å². The molecule has 162 valence electrons. The highest BCUT2D eigenvalue weighted by atomic mass is 16.5. The van der Waals surface area contributed by atoms with Gasteiger partial charge in [0.25, 0.3) is 0 Å². The molecule has 0 saturated carbocycles. The van der Waals surface area contributed by atoms with Crippen molar-refractivity contribution in [2.45, 2.75) is 65.2 Å². The van der Waals surface area contributed by atoms with E-state index in [1.54, 1.807) is 24.3 Å². The van der Waals surface area contributed by atoms with Gasteiger partial charge in [0.05, 0.1) is 24.4 Å². The van der Waals surface area contributed by atoms with Gasteiger partial charge in [-0.2, -0.15) is 10.2 Å². The Morgan fingerprint density at radius 3 is 2.03 bits per heavy atom. The lowest BCUT2D eigenvalue weighted by Gasteiger charge is -2.05. The number of hydrogen-bond donors (Lipinski definition) is 0. The molecule has 0 bridgehead atoms. The fraction of sp³-hybridized carbons (Fsp3) is 0.480. The van der Waals surface area contributed by atoms with Gasteiger partial charge < -0.3 is 9.47 Å². The average molecular weight is 411 g/mol. The third-order valence-corrected chi connectivity index (χ3v) is 4.70. The van der Waals surface area contributed by atoms with Crippen LogP contribution < -0.4 is 4.74 Å². The zero-order valence-corrected chi connectivity index (χ0v) is 18.3. The van der Waals surface area contributed by atoms with Crippen LogP contribution in [0.1, 0.15) is 64.4 Å². The number of azo groups is 1. The van der Waals surface area contributed by atoms with Crippen LogP contribution in [-0.2, 0) is 16.0 Å². The molecule has 0 heterocycles. The fourth-order valence-corrected chi connectivity index (χ4v) is 2.87. The first-order chi connectivity index (χ1) is 14.7. The Kier molecular flexibility index (Phi) is 11.4. The van der Waals surface area contributed by atoms with Crippen molar-refractivity contribution in [3.8, 4) is 5.75 Å². The highest BCUT2D eigenvalue weighted by Crippen LogP contribution is 2.22. The normalized spacial score (nSPS) is 11.1. The molecule has 0 atom stereocenters. The molecule has 0 unspecified atom stereocenters. The van der Waals surface area contributed by atoms with E-state index in [0.29, 0.717) is 24.7 Å². The van der Waals surface area contributed by atoms with Crippen molar-refractivity contribution >= 4 is 17.3 Å². The van der Waals surface area contributed by atoms with Gasteiger partial charge in [-0.15, -0.1) is 0 Å². The monoisotopic (exact) mass is 410 g/mol. The van der Waals surface area contributed by atoms with Crippen LogP contribution in [0.3, 0.4) is 0 Å². The summed E-state index contributed by atoms with van der Waals surface area (Å²) in [6, 6.07) is 15.3. The molecule has 0 aromatic heterocycles. The third-order valence-electron chi connectivity index (χ3n) is 4.70. The van der Waals surface area contributed by atoms with Crippen molar-refractivity contribution in [2.24, 2.45) is 10.2 Å². The maximum absolute atomic E-state index is 11.8. The summed E-state index contributed by atoms with van der Waals surface area (Å²) in [5, 5.41) is 8.54. The first-order valence-electron chi connectivity index (χ1n) is 11.1. The molecule has 0 saturated heterocycles. The maximum atomic E-state index is 11.8. The molecule has 0 fully saturated rings. The molecule has 2 rings (SSSR count). The molecule has 0 radical (unpaired) electrons. The molecule has 0 aliphatic carbocycles. The smallest absolute Gasteiger partial charge is 0.313 e. The zero-order chi connectivity index (χ0) is 21.4.